The first-order valence-corrected chi connectivity index (χ1v) is 4.21. The average Bonchev–Trinajstić information content (AvgIpc) is 2.79. The molecule has 1 heterocycles. The molecular weight excluding hydrogens is 158 g/mol. The van der Waals surface area contributed by atoms with Gasteiger partial charge in [0.25, 0.3) is 0 Å². The van der Waals surface area contributed by atoms with Crippen LogP contribution < -0.4 is 0 Å². The molecule has 1 N–H and O–H groups in total. The predicted octanol–water partition coefficient (Wildman–Crippen LogP) is 0.210. The van der Waals surface area contributed by atoms with E-state index in [1.165, 1.54) is 12.0 Å². The number of methoxy groups -OCH3 is 1. The molecule has 1 amide bonds. The Bertz CT molecular complexity index is 206. The summed E-state index contributed by atoms with van der Waals surface area (Å²) in [6.45, 7) is 0.898. The lowest BCUT2D eigenvalue weighted by molar-refractivity contribution is -0.101. The molecule has 0 unspecified atom stereocenters. The van der Waals surface area contributed by atoms with Crippen LogP contribution in [-0.2, 0) is 4.74 Å². The number of carbonyl (C=O) groups excluding carboxylic acids is 1. The zero-order valence-corrected chi connectivity index (χ0v) is 7.12. The van der Waals surface area contributed by atoms with E-state index in [0.29, 0.717) is 19.0 Å². The summed E-state index contributed by atoms with van der Waals surface area (Å²) >= 11 is 0. The second-order valence-electron chi connectivity index (χ2n) is 3.70. The van der Waals surface area contributed by atoms with Crippen LogP contribution in [0.4, 0.5) is 4.79 Å². The van der Waals surface area contributed by atoms with Crippen molar-refractivity contribution in [3.05, 3.63) is 0 Å². The minimum absolute atomic E-state index is 0.333. The summed E-state index contributed by atoms with van der Waals surface area (Å²) in [7, 11) is 1.36. The third-order valence-electron chi connectivity index (χ3n) is 2.70. The van der Waals surface area contributed by atoms with Crippen molar-refractivity contribution in [1.29, 1.82) is 0 Å². The van der Waals surface area contributed by atoms with Crippen molar-refractivity contribution in [2.75, 3.05) is 20.2 Å². The Labute approximate surface area is 71.1 Å². The Balaban J connectivity index is 1.85. The number of likely N-dealkylation sites (tertiary alicyclic amines) is 1. The van der Waals surface area contributed by atoms with E-state index in [2.05, 4.69) is 4.74 Å². The summed E-state index contributed by atoms with van der Waals surface area (Å²) in [5.74, 6) is 0.429. The molecule has 0 bridgehead atoms. The fourth-order valence-electron chi connectivity index (χ4n) is 1.75. The summed E-state index contributed by atoms with van der Waals surface area (Å²) in [5.41, 5.74) is -0.589. The second kappa shape index (κ2) is 2.36. The molecule has 0 radical (unpaired) electrons. The molecule has 0 aromatic heterocycles. The zero-order valence-electron chi connectivity index (χ0n) is 7.12. The van der Waals surface area contributed by atoms with Crippen molar-refractivity contribution in [3.8, 4) is 0 Å². The third-order valence-corrected chi connectivity index (χ3v) is 2.70. The number of ether oxygens (including phenoxy) is 1. The van der Waals surface area contributed by atoms with Gasteiger partial charge in [-0.2, -0.15) is 0 Å². The van der Waals surface area contributed by atoms with Gasteiger partial charge >= 0.3 is 6.09 Å². The van der Waals surface area contributed by atoms with Crippen LogP contribution in [-0.4, -0.2) is 41.9 Å². The van der Waals surface area contributed by atoms with Gasteiger partial charge in [-0.3, -0.25) is 0 Å². The summed E-state index contributed by atoms with van der Waals surface area (Å²) in [6.07, 6.45) is 1.87. The van der Waals surface area contributed by atoms with Crippen LogP contribution in [0.2, 0.25) is 0 Å². The molecule has 1 saturated heterocycles. The van der Waals surface area contributed by atoms with E-state index < -0.39 is 5.60 Å². The number of aliphatic hydroxyl groups is 1. The van der Waals surface area contributed by atoms with Gasteiger partial charge in [0.2, 0.25) is 0 Å². The lowest BCUT2D eigenvalue weighted by Crippen LogP contribution is -2.64. The lowest BCUT2D eigenvalue weighted by atomic mass is 9.89. The minimum atomic E-state index is -0.589. The van der Waals surface area contributed by atoms with Crippen LogP contribution in [0.25, 0.3) is 0 Å². The van der Waals surface area contributed by atoms with Gasteiger partial charge in [0.15, 0.2) is 0 Å². The number of amides is 1. The Hall–Kier alpha value is -0.770. The van der Waals surface area contributed by atoms with Crippen LogP contribution in [0.3, 0.4) is 0 Å². The highest BCUT2D eigenvalue weighted by Gasteiger charge is 2.53. The maximum Gasteiger partial charge on any atom is 0.409 e. The Morgan fingerprint density at radius 2 is 2.17 bits per heavy atom. The summed E-state index contributed by atoms with van der Waals surface area (Å²) in [4.78, 5) is 12.4. The molecule has 2 fully saturated rings. The van der Waals surface area contributed by atoms with Crippen molar-refractivity contribution in [2.24, 2.45) is 5.92 Å². The number of β-amino-alcohol motifs (C(OH)–C–C–N with tert-alkyl or cyclic N) is 1. The van der Waals surface area contributed by atoms with Crippen molar-refractivity contribution < 1.29 is 14.6 Å². The van der Waals surface area contributed by atoms with Crippen LogP contribution in [0.15, 0.2) is 0 Å². The highest BCUT2D eigenvalue weighted by Crippen LogP contribution is 2.44. The quantitative estimate of drug-likeness (QED) is 0.613. The Kier molecular flexibility index (Phi) is 1.54. The van der Waals surface area contributed by atoms with Gasteiger partial charge in [-0.05, 0) is 18.8 Å². The topological polar surface area (TPSA) is 49.8 Å². The number of carbonyl (C=O) groups is 1. The van der Waals surface area contributed by atoms with Gasteiger partial charge in [0.05, 0.1) is 20.2 Å². The molecule has 0 aromatic rings. The highest BCUT2D eigenvalue weighted by molar-refractivity contribution is 5.69. The van der Waals surface area contributed by atoms with Gasteiger partial charge in [-0.25, -0.2) is 4.79 Å². The Morgan fingerprint density at radius 3 is 2.58 bits per heavy atom. The van der Waals surface area contributed by atoms with Gasteiger partial charge < -0.3 is 14.7 Å². The SMILES string of the molecule is COC(=O)N1CC(O)(C2CC2)C1. The molecule has 1 aliphatic heterocycles. The van der Waals surface area contributed by atoms with Crippen molar-refractivity contribution in [2.45, 2.75) is 18.4 Å². The fraction of sp³-hybridized carbons (Fsp3) is 0.875. The molecule has 1 saturated carbocycles. The molecule has 1 aliphatic carbocycles. The minimum Gasteiger partial charge on any atom is -0.453 e. The van der Waals surface area contributed by atoms with Crippen LogP contribution >= 0.6 is 0 Å². The van der Waals surface area contributed by atoms with E-state index in [4.69, 9.17) is 0 Å². The van der Waals surface area contributed by atoms with Crippen LogP contribution in [0.1, 0.15) is 12.8 Å². The largest absolute Gasteiger partial charge is 0.453 e. The lowest BCUT2D eigenvalue weighted by Gasteiger charge is -2.45. The predicted molar refractivity (Wildman–Crippen MR) is 41.7 cm³/mol. The molecule has 0 spiro atoms. The molecule has 2 aliphatic rings. The summed E-state index contributed by atoms with van der Waals surface area (Å²) in [6, 6.07) is 0. The third kappa shape index (κ3) is 1.06. The molecule has 68 valence electrons. The zero-order chi connectivity index (χ0) is 8.77. The molecule has 12 heavy (non-hydrogen) atoms. The molecule has 0 atom stereocenters. The number of rotatable bonds is 1. The van der Waals surface area contributed by atoms with Crippen molar-refractivity contribution >= 4 is 6.09 Å². The standard InChI is InChI=1S/C8H13NO3/c1-12-7(10)9-4-8(11,5-9)6-2-3-6/h6,11H,2-5H2,1H3. The van der Waals surface area contributed by atoms with Gasteiger partial charge in [-0.1, -0.05) is 0 Å². The van der Waals surface area contributed by atoms with Crippen molar-refractivity contribution in [3.63, 3.8) is 0 Å². The van der Waals surface area contributed by atoms with Gasteiger partial charge in [0.1, 0.15) is 5.60 Å². The second-order valence-corrected chi connectivity index (χ2v) is 3.70. The first kappa shape index (κ1) is 7.86. The number of nitrogens with zero attached hydrogens (tertiary/aromatic N) is 1. The molecule has 0 aromatic carbocycles. The maximum atomic E-state index is 10.9. The Morgan fingerprint density at radius 1 is 1.58 bits per heavy atom. The van der Waals surface area contributed by atoms with Crippen LogP contribution in [0, 0.1) is 5.92 Å². The first-order chi connectivity index (χ1) is 5.65. The normalized spacial score (nSPS) is 26.3. The van der Waals surface area contributed by atoms with E-state index in [-0.39, 0.29) is 6.09 Å². The first-order valence-electron chi connectivity index (χ1n) is 4.21. The molecule has 4 nitrogen and oxygen atoms in total. The molecular formula is C8H13NO3. The van der Waals surface area contributed by atoms with E-state index >= 15 is 0 Å². The molecule has 2 rings (SSSR count). The fourth-order valence-corrected chi connectivity index (χ4v) is 1.75. The van der Waals surface area contributed by atoms with Crippen LogP contribution in [0.5, 0.6) is 0 Å². The van der Waals surface area contributed by atoms with Gasteiger partial charge in [-0.15, -0.1) is 0 Å². The number of hydrogen-bond donors (Lipinski definition) is 1. The van der Waals surface area contributed by atoms with E-state index in [1.54, 1.807) is 0 Å². The summed E-state index contributed by atoms with van der Waals surface area (Å²) in [5, 5.41) is 9.82. The highest BCUT2D eigenvalue weighted by atomic mass is 16.5. The van der Waals surface area contributed by atoms with Crippen molar-refractivity contribution in [1.82, 2.24) is 4.90 Å². The molecule has 4 heteroatoms. The maximum absolute atomic E-state index is 10.9. The van der Waals surface area contributed by atoms with E-state index in [1.807, 2.05) is 0 Å². The smallest absolute Gasteiger partial charge is 0.409 e. The van der Waals surface area contributed by atoms with E-state index in [0.717, 1.165) is 12.8 Å². The average molecular weight is 171 g/mol. The summed E-state index contributed by atoms with van der Waals surface area (Å²) < 4.78 is 4.52. The van der Waals surface area contributed by atoms with E-state index in [9.17, 15) is 9.90 Å². The van der Waals surface area contributed by atoms with Gasteiger partial charge in [0, 0.05) is 0 Å². The monoisotopic (exact) mass is 171 g/mol. The number of hydrogen-bond acceptors (Lipinski definition) is 3.